The summed E-state index contributed by atoms with van der Waals surface area (Å²) in [6.07, 6.45) is 7.09. The molecule has 0 aliphatic rings. The van der Waals surface area contributed by atoms with Gasteiger partial charge in [0.1, 0.15) is 0 Å². The van der Waals surface area contributed by atoms with Crippen LogP contribution in [0.1, 0.15) is 17.3 Å². The predicted octanol–water partition coefficient (Wildman–Crippen LogP) is 5.22. The number of benzene rings is 2. The van der Waals surface area contributed by atoms with E-state index in [0.717, 1.165) is 11.1 Å². The van der Waals surface area contributed by atoms with Gasteiger partial charge in [0.05, 0.1) is 0 Å². The van der Waals surface area contributed by atoms with Crippen LogP contribution in [0.25, 0.3) is 11.1 Å². The normalized spacial score (nSPS) is 11.6. The molecule has 0 radical (unpaired) electrons. The maximum Gasteiger partial charge on any atom is 0.192 e. The second-order valence-corrected chi connectivity index (χ2v) is 4.62. The molecule has 0 aromatic heterocycles. The maximum atomic E-state index is 12.4. The minimum absolute atomic E-state index is 0.0114. The van der Waals surface area contributed by atoms with Crippen LogP contribution < -0.4 is 0 Å². The molecule has 1 nitrogen and oxygen atoms in total. The van der Waals surface area contributed by atoms with Crippen LogP contribution in [-0.2, 0) is 0 Å². The summed E-state index contributed by atoms with van der Waals surface area (Å²) in [6, 6.07) is 17.8. The first-order valence-corrected chi connectivity index (χ1v) is 6.92. The number of rotatable bonds is 5. The topological polar surface area (TPSA) is 17.1 Å². The zero-order valence-electron chi connectivity index (χ0n) is 12.1. The van der Waals surface area contributed by atoms with Gasteiger partial charge >= 0.3 is 0 Å². The van der Waals surface area contributed by atoms with Crippen molar-refractivity contribution in [2.75, 3.05) is 0 Å². The third kappa shape index (κ3) is 3.67. The van der Waals surface area contributed by atoms with Gasteiger partial charge < -0.3 is 0 Å². The zero-order valence-corrected chi connectivity index (χ0v) is 12.1. The molecule has 104 valence electrons. The Morgan fingerprint density at radius 3 is 2.14 bits per heavy atom. The van der Waals surface area contributed by atoms with Gasteiger partial charge in [-0.05, 0) is 18.1 Å². The Bertz CT molecular complexity index is 674. The summed E-state index contributed by atoms with van der Waals surface area (Å²) >= 11 is 0. The first-order chi connectivity index (χ1) is 10.3. The summed E-state index contributed by atoms with van der Waals surface area (Å²) in [6.45, 7) is 5.62. The van der Waals surface area contributed by atoms with Gasteiger partial charge in [0.15, 0.2) is 5.78 Å². The van der Waals surface area contributed by atoms with Gasteiger partial charge in [-0.1, -0.05) is 85.5 Å². The highest BCUT2D eigenvalue weighted by molar-refractivity contribution is 6.10. The molecule has 0 bridgehead atoms. The van der Waals surface area contributed by atoms with Gasteiger partial charge in [0.25, 0.3) is 0 Å². The van der Waals surface area contributed by atoms with Gasteiger partial charge in [-0.2, -0.15) is 0 Å². The Morgan fingerprint density at radius 2 is 1.57 bits per heavy atom. The zero-order chi connectivity index (χ0) is 15.1. The van der Waals surface area contributed by atoms with E-state index >= 15 is 0 Å². The number of Topliss-reactive ketones (excluding diaryl/α,β-unsaturated/α-hetero) is 1. The molecule has 0 heterocycles. The third-order valence-electron chi connectivity index (χ3n) is 3.20. The van der Waals surface area contributed by atoms with E-state index in [1.54, 1.807) is 12.2 Å². The third-order valence-corrected chi connectivity index (χ3v) is 3.20. The highest BCUT2D eigenvalue weighted by Crippen LogP contribution is 2.20. The maximum absolute atomic E-state index is 12.4. The highest BCUT2D eigenvalue weighted by Gasteiger charge is 2.08. The monoisotopic (exact) mass is 274 g/mol. The van der Waals surface area contributed by atoms with E-state index in [2.05, 4.69) is 18.7 Å². The van der Waals surface area contributed by atoms with Crippen LogP contribution in [-0.4, -0.2) is 5.78 Å². The molecule has 0 aliphatic heterocycles. The second kappa shape index (κ2) is 7.20. The van der Waals surface area contributed by atoms with Gasteiger partial charge in [-0.25, -0.2) is 0 Å². The van der Waals surface area contributed by atoms with Crippen molar-refractivity contribution in [3.63, 3.8) is 0 Å². The number of carbonyl (C=O) groups is 1. The molecule has 0 unspecified atom stereocenters. The van der Waals surface area contributed by atoms with Crippen LogP contribution in [0, 0.1) is 0 Å². The van der Waals surface area contributed by atoms with E-state index < -0.39 is 0 Å². The Kier molecular flexibility index (Phi) is 5.05. The lowest BCUT2D eigenvalue weighted by atomic mass is 9.99. The van der Waals surface area contributed by atoms with Crippen LogP contribution in [0.5, 0.6) is 0 Å². The van der Waals surface area contributed by atoms with Crippen molar-refractivity contribution >= 4 is 5.78 Å². The average Bonchev–Trinajstić information content (AvgIpc) is 2.56. The standard InChI is InChI=1S/C20H18O/c1-3-5-9-16(4-2)20(21)19-14-12-18(13-15-19)17-10-7-6-8-11-17/h3-15H,2H2,1H3/b5-3-,16-9+. The molecule has 0 N–H and O–H groups in total. The van der Waals surface area contributed by atoms with Crippen LogP contribution in [0.2, 0.25) is 0 Å². The number of hydrogen-bond donors (Lipinski definition) is 0. The summed E-state index contributed by atoms with van der Waals surface area (Å²) in [7, 11) is 0. The first kappa shape index (κ1) is 14.7. The molecule has 2 aromatic rings. The molecular formula is C20H18O. The molecule has 0 amide bonds. The van der Waals surface area contributed by atoms with E-state index in [-0.39, 0.29) is 5.78 Å². The van der Waals surface area contributed by atoms with Crippen molar-refractivity contribution in [2.24, 2.45) is 0 Å². The summed E-state index contributed by atoms with van der Waals surface area (Å²) in [5.74, 6) is -0.0114. The fourth-order valence-corrected chi connectivity index (χ4v) is 2.05. The van der Waals surface area contributed by atoms with Crippen molar-refractivity contribution in [2.45, 2.75) is 6.92 Å². The molecule has 2 rings (SSSR count). The van der Waals surface area contributed by atoms with E-state index in [4.69, 9.17) is 0 Å². The Labute approximate surface area is 126 Å². The van der Waals surface area contributed by atoms with Crippen molar-refractivity contribution in [3.8, 4) is 11.1 Å². The van der Waals surface area contributed by atoms with Gasteiger partial charge in [0.2, 0.25) is 0 Å². The molecule has 0 fully saturated rings. The van der Waals surface area contributed by atoms with Crippen LogP contribution >= 0.6 is 0 Å². The van der Waals surface area contributed by atoms with Crippen molar-refractivity contribution < 1.29 is 4.79 Å². The first-order valence-electron chi connectivity index (χ1n) is 6.92. The van der Waals surface area contributed by atoms with E-state index in [1.165, 1.54) is 0 Å². The Hall–Kier alpha value is -2.67. The van der Waals surface area contributed by atoms with Crippen molar-refractivity contribution in [1.82, 2.24) is 0 Å². The van der Waals surface area contributed by atoms with Crippen molar-refractivity contribution in [3.05, 3.63) is 96.6 Å². The summed E-state index contributed by atoms with van der Waals surface area (Å²) in [5.41, 5.74) is 3.51. The SMILES string of the molecule is C=C/C(=C\C=C/C)C(=O)c1ccc(-c2ccccc2)cc1. The smallest absolute Gasteiger partial charge is 0.192 e. The molecule has 0 aliphatic carbocycles. The van der Waals surface area contributed by atoms with Crippen LogP contribution in [0.15, 0.2) is 91.1 Å². The summed E-state index contributed by atoms with van der Waals surface area (Å²) in [5, 5.41) is 0. The van der Waals surface area contributed by atoms with Gasteiger partial charge in [0, 0.05) is 11.1 Å². The number of allylic oxidation sites excluding steroid dienone is 5. The second-order valence-electron chi connectivity index (χ2n) is 4.62. The van der Waals surface area contributed by atoms with E-state index in [0.29, 0.717) is 11.1 Å². The Balaban J connectivity index is 2.27. The average molecular weight is 274 g/mol. The Morgan fingerprint density at radius 1 is 0.952 bits per heavy atom. The molecule has 0 saturated carbocycles. The largest absolute Gasteiger partial charge is 0.289 e. The molecule has 0 saturated heterocycles. The molecule has 0 atom stereocenters. The summed E-state index contributed by atoms with van der Waals surface area (Å²) in [4.78, 5) is 12.4. The van der Waals surface area contributed by atoms with Crippen molar-refractivity contribution in [1.29, 1.82) is 0 Å². The fraction of sp³-hybridized carbons (Fsp3) is 0.0500. The molecule has 21 heavy (non-hydrogen) atoms. The summed E-state index contributed by atoms with van der Waals surface area (Å²) < 4.78 is 0. The number of ketones is 1. The van der Waals surface area contributed by atoms with Gasteiger partial charge in [-0.15, -0.1) is 0 Å². The van der Waals surface area contributed by atoms with E-state index in [9.17, 15) is 4.79 Å². The van der Waals surface area contributed by atoms with E-state index in [1.807, 2.05) is 61.5 Å². The minimum atomic E-state index is -0.0114. The minimum Gasteiger partial charge on any atom is -0.289 e. The lowest BCUT2D eigenvalue weighted by Gasteiger charge is -2.04. The van der Waals surface area contributed by atoms with Crippen LogP contribution in [0.4, 0.5) is 0 Å². The molecular weight excluding hydrogens is 256 g/mol. The predicted molar refractivity (Wildman–Crippen MR) is 89.3 cm³/mol. The molecule has 2 aromatic carbocycles. The van der Waals surface area contributed by atoms with Crippen LogP contribution in [0.3, 0.4) is 0 Å². The van der Waals surface area contributed by atoms with Gasteiger partial charge in [-0.3, -0.25) is 4.79 Å². The quantitative estimate of drug-likeness (QED) is 0.415. The molecule has 1 heteroatoms. The lowest BCUT2D eigenvalue weighted by Crippen LogP contribution is -2.01. The number of hydrogen-bond acceptors (Lipinski definition) is 1. The fourth-order valence-electron chi connectivity index (χ4n) is 2.05. The highest BCUT2D eigenvalue weighted by atomic mass is 16.1. The lowest BCUT2D eigenvalue weighted by molar-refractivity contribution is 0.103. The number of carbonyl (C=O) groups excluding carboxylic acids is 1. The molecule has 0 spiro atoms.